The molecule has 2 rings (SSSR count). The summed E-state index contributed by atoms with van der Waals surface area (Å²) in [5.74, 6) is 0.822. The van der Waals surface area contributed by atoms with E-state index in [1.807, 2.05) is 0 Å². The Morgan fingerprint density at radius 2 is 1.81 bits per heavy atom. The summed E-state index contributed by atoms with van der Waals surface area (Å²) in [5, 5.41) is 0. The second-order valence-corrected chi connectivity index (χ2v) is 4.93. The van der Waals surface area contributed by atoms with E-state index in [0.29, 0.717) is 0 Å². The highest BCUT2D eigenvalue weighted by atomic mass is 14.5. The van der Waals surface area contributed by atoms with Crippen LogP contribution in [0.1, 0.15) is 55.6 Å². The molecule has 0 radical (unpaired) electrons. The molecule has 1 aliphatic carbocycles. The van der Waals surface area contributed by atoms with Crippen LogP contribution in [0.2, 0.25) is 0 Å². The standard InChI is InChI=1S/C15H23N/c16-12-6-10-14-9-4-5-11-15(14)13-7-2-1-3-8-13/h4-5,9,11,13H,1-3,6-8,10,12,16H2. The molecule has 88 valence electrons. The van der Waals surface area contributed by atoms with Gasteiger partial charge in [-0.05, 0) is 49.3 Å². The largest absolute Gasteiger partial charge is 0.330 e. The molecule has 0 atom stereocenters. The zero-order valence-electron chi connectivity index (χ0n) is 10.1. The first-order chi connectivity index (χ1) is 7.92. The quantitative estimate of drug-likeness (QED) is 0.819. The van der Waals surface area contributed by atoms with Crippen molar-refractivity contribution in [2.45, 2.75) is 50.9 Å². The minimum atomic E-state index is 0.805. The zero-order valence-corrected chi connectivity index (χ0v) is 10.1. The molecule has 0 unspecified atom stereocenters. The molecular weight excluding hydrogens is 194 g/mol. The maximum atomic E-state index is 5.60. The molecule has 16 heavy (non-hydrogen) atoms. The van der Waals surface area contributed by atoms with E-state index in [4.69, 9.17) is 5.73 Å². The summed E-state index contributed by atoms with van der Waals surface area (Å²) in [4.78, 5) is 0. The summed E-state index contributed by atoms with van der Waals surface area (Å²) >= 11 is 0. The first-order valence-electron chi connectivity index (χ1n) is 6.69. The van der Waals surface area contributed by atoms with Crippen molar-refractivity contribution in [3.8, 4) is 0 Å². The highest BCUT2D eigenvalue weighted by Gasteiger charge is 2.17. The maximum absolute atomic E-state index is 5.60. The van der Waals surface area contributed by atoms with Crippen LogP contribution in [-0.2, 0) is 6.42 Å². The molecule has 0 bridgehead atoms. The number of aryl methyl sites for hydroxylation is 1. The topological polar surface area (TPSA) is 26.0 Å². The van der Waals surface area contributed by atoms with Crippen molar-refractivity contribution >= 4 is 0 Å². The first kappa shape index (κ1) is 11.7. The zero-order chi connectivity index (χ0) is 11.2. The minimum Gasteiger partial charge on any atom is -0.330 e. The number of nitrogens with two attached hydrogens (primary N) is 1. The van der Waals surface area contributed by atoms with Gasteiger partial charge in [-0.15, -0.1) is 0 Å². The van der Waals surface area contributed by atoms with Crippen LogP contribution >= 0.6 is 0 Å². The Morgan fingerprint density at radius 3 is 2.56 bits per heavy atom. The van der Waals surface area contributed by atoms with Crippen LogP contribution in [0.25, 0.3) is 0 Å². The number of hydrogen-bond acceptors (Lipinski definition) is 1. The molecule has 1 aromatic rings. The maximum Gasteiger partial charge on any atom is -0.00741 e. The van der Waals surface area contributed by atoms with Gasteiger partial charge in [0.2, 0.25) is 0 Å². The number of hydrogen-bond donors (Lipinski definition) is 1. The van der Waals surface area contributed by atoms with Gasteiger partial charge in [-0.1, -0.05) is 43.5 Å². The lowest BCUT2D eigenvalue weighted by atomic mass is 9.81. The smallest absolute Gasteiger partial charge is 0.00741 e. The summed E-state index contributed by atoms with van der Waals surface area (Å²) < 4.78 is 0. The predicted octanol–water partition coefficient (Wildman–Crippen LogP) is 3.63. The summed E-state index contributed by atoms with van der Waals surface area (Å²) in [5.41, 5.74) is 8.75. The minimum absolute atomic E-state index is 0.805. The Kier molecular flexibility index (Phi) is 4.41. The van der Waals surface area contributed by atoms with Crippen molar-refractivity contribution in [2.75, 3.05) is 6.54 Å². The second-order valence-electron chi connectivity index (χ2n) is 4.93. The third-order valence-corrected chi connectivity index (χ3v) is 3.75. The van der Waals surface area contributed by atoms with Gasteiger partial charge in [-0.25, -0.2) is 0 Å². The van der Waals surface area contributed by atoms with Gasteiger partial charge in [0.15, 0.2) is 0 Å². The molecule has 1 aliphatic rings. The van der Waals surface area contributed by atoms with Crippen molar-refractivity contribution < 1.29 is 0 Å². The first-order valence-corrected chi connectivity index (χ1v) is 6.69. The molecule has 1 aromatic carbocycles. The third kappa shape index (κ3) is 2.85. The number of benzene rings is 1. The summed E-state index contributed by atoms with van der Waals surface area (Å²) in [6.07, 6.45) is 9.30. The molecular formula is C15H23N. The van der Waals surface area contributed by atoms with Crippen molar-refractivity contribution in [2.24, 2.45) is 5.73 Å². The summed E-state index contributed by atoms with van der Waals surface area (Å²) in [6, 6.07) is 8.98. The lowest BCUT2D eigenvalue weighted by Gasteiger charge is -2.24. The average Bonchev–Trinajstić information content (AvgIpc) is 2.38. The lowest BCUT2D eigenvalue weighted by molar-refractivity contribution is 0.441. The van der Waals surface area contributed by atoms with Gasteiger partial charge >= 0.3 is 0 Å². The normalized spacial score (nSPS) is 17.6. The van der Waals surface area contributed by atoms with Gasteiger partial charge in [0.1, 0.15) is 0 Å². The van der Waals surface area contributed by atoms with E-state index in [1.54, 1.807) is 11.1 Å². The fraction of sp³-hybridized carbons (Fsp3) is 0.600. The van der Waals surface area contributed by atoms with Gasteiger partial charge in [0, 0.05) is 0 Å². The van der Waals surface area contributed by atoms with Gasteiger partial charge in [0.25, 0.3) is 0 Å². The van der Waals surface area contributed by atoms with E-state index in [9.17, 15) is 0 Å². The van der Waals surface area contributed by atoms with Crippen LogP contribution in [0, 0.1) is 0 Å². The predicted molar refractivity (Wildman–Crippen MR) is 69.6 cm³/mol. The van der Waals surface area contributed by atoms with Crippen LogP contribution in [0.15, 0.2) is 24.3 Å². The van der Waals surface area contributed by atoms with E-state index >= 15 is 0 Å². The van der Waals surface area contributed by atoms with E-state index < -0.39 is 0 Å². The van der Waals surface area contributed by atoms with Crippen LogP contribution in [0.3, 0.4) is 0 Å². The van der Waals surface area contributed by atoms with Crippen molar-refractivity contribution in [3.05, 3.63) is 35.4 Å². The van der Waals surface area contributed by atoms with Crippen molar-refractivity contribution in [1.29, 1.82) is 0 Å². The van der Waals surface area contributed by atoms with Crippen LogP contribution in [0.5, 0.6) is 0 Å². The molecule has 0 amide bonds. The van der Waals surface area contributed by atoms with Crippen LogP contribution in [-0.4, -0.2) is 6.54 Å². The highest BCUT2D eigenvalue weighted by molar-refractivity contribution is 5.30. The van der Waals surface area contributed by atoms with E-state index in [2.05, 4.69) is 24.3 Å². The molecule has 1 heteroatoms. The molecule has 1 saturated carbocycles. The average molecular weight is 217 g/mol. The molecule has 0 heterocycles. The third-order valence-electron chi connectivity index (χ3n) is 3.75. The van der Waals surface area contributed by atoms with E-state index in [1.165, 1.54) is 32.1 Å². The Balaban J connectivity index is 2.11. The van der Waals surface area contributed by atoms with E-state index in [-0.39, 0.29) is 0 Å². The van der Waals surface area contributed by atoms with Crippen molar-refractivity contribution in [1.82, 2.24) is 0 Å². The molecule has 2 N–H and O–H groups in total. The molecule has 0 spiro atoms. The molecule has 0 aromatic heterocycles. The SMILES string of the molecule is NCCCc1ccccc1C1CCCCC1. The monoisotopic (exact) mass is 217 g/mol. The second kappa shape index (κ2) is 6.05. The fourth-order valence-electron chi connectivity index (χ4n) is 2.87. The number of rotatable bonds is 4. The van der Waals surface area contributed by atoms with Gasteiger partial charge < -0.3 is 5.73 Å². The Hall–Kier alpha value is -0.820. The highest BCUT2D eigenvalue weighted by Crippen LogP contribution is 2.34. The Morgan fingerprint density at radius 1 is 1.06 bits per heavy atom. The van der Waals surface area contributed by atoms with E-state index in [0.717, 1.165) is 25.3 Å². The summed E-state index contributed by atoms with van der Waals surface area (Å²) in [7, 11) is 0. The molecule has 1 nitrogen and oxygen atoms in total. The van der Waals surface area contributed by atoms with Crippen molar-refractivity contribution in [3.63, 3.8) is 0 Å². The molecule has 0 saturated heterocycles. The fourth-order valence-corrected chi connectivity index (χ4v) is 2.87. The summed E-state index contributed by atoms with van der Waals surface area (Å²) in [6.45, 7) is 0.805. The Bertz CT molecular complexity index is 313. The van der Waals surface area contributed by atoms with Gasteiger partial charge in [-0.3, -0.25) is 0 Å². The Labute approximate surface area is 99.0 Å². The molecule has 1 fully saturated rings. The van der Waals surface area contributed by atoms with Crippen LogP contribution in [0.4, 0.5) is 0 Å². The van der Waals surface area contributed by atoms with Crippen LogP contribution < -0.4 is 5.73 Å². The molecule has 0 aliphatic heterocycles. The lowest BCUT2D eigenvalue weighted by Crippen LogP contribution is -2.08. The van der Waals surface area contributed by atoms with Gasteiger partial charge in [-0.2, -0.15) is 0 Å². The van der Waals surface area contributed by atoms with Gasteiger partial charge in [0.05, 0.1) is 0 Å².